The first kappa shape index (κ1) is 20.9. The number of H-pyrrole nitrogens is 2. The van der Waals surface area contributed by atoms with Gasteiger partial charge in [0.1, 0.15) is 11.5 Å². The molecule has 1 aliphatic rings. The van der Waals surface area contributed by atoms with Gasteiger partial charge in [0.05, 0.1) is 22.7 Å². The highest BCUT2D eigenvalue weighted by molar-refractivity contribution is 5.93. The van der Waals surface area contributed by atoms with E-state index in [4.69, 9.17) is 15.5 Å². The monoisotopic (exact) mass is 436 g/mol. The first-order chi connectivity index (χ1) is 15.5. The van der Waals surface area contributed by atoms with Gasteiger partial charge in [0.15, 0.2) is 5.82 Å². The van der Waals surface area contributed by atoms with Gasteiger partial charge in [-0.1, -0.05) is 13.8 Å². The van der Waals surface area contributed by atoms with Crippen LogP contribution in [0.15, 0.2) is 36.4 Å². The Hall–Kier alpha value is -2.97. The number of nitrogens with zero attached hydrogens (tertiary/aromatic N) is 3. The van der Waals surface area contributed by atoms with Crippen molar-refractivity contribution < 1.29 is 9.13 Å². The summed E-state index contributed by atoms with van der Waals surface area (Å²) in [5, 5.41) is 8.07. The van der Waals surface area contributed by atoms with E-state index in [0.717, 1.165) is 54.6 Å². The molecule has 4 aromatic rings. The number of nitrogens with two attached hydrogens (primary N) is 1. The van der Waals surface area contributed by atoms with Gasteiger partial charge in [-0.05, 0) is 55.2 Å². The van der Waals surface area contributed by atoms with E-state index in [2.05, 4.69) is 46.1 Å². The SMILES string of the molecule is CC(C)C(N)CC1CN(c2ccc3nc(-c4n[nH]c5cc(F)ccc45)[nH]c3c2)CCCO1. The van der Waals surface area contributed by atoms with Crippen LogP contribution in [0.25, 0.3) is 33.5 Å². The second kappa shape index (κ2) is 8.52. The Kier molecular flexibility index (Phi) is 5.57. The number of aromatic nitrogens is 4. The minimum Gasteiger partial charge on any atom is -0.376 e. The lowest BCUT2D eigenvalue weighted by Crippen LogP contribution is -2.38. The van der Waals surface area contributed by atoms with E-state index in [1.165, 1.54) is 12.1 Å². The molecule has 1 aliphatic heterocycles. The summed E-state index contributed by atoms with van der Waals surface area (Å²) in [5.41, 5.74) is 10.6. The largest absolute Gasteiger partial charge is 0.376 e. The summed E-state index contributed by atoms with van der Waals surface area (Å²) in [7, 11) is 0. The van der Waals surface area contributed by atoms with Crippen molar-refractivity contribution >= 4 is 27.6 Å². The van der Waals surface area contributed by atoms with Gasteiger partial charge in [0.2, 0.25) is 0 Å². The van der Waals surface area contributed by atoms with E-state index in [0.29, 0.717) is 23.0 Å². The Morgan fingerprint density at radius 1 is 1.22 bits per heavy atom. The zero-order valence-electron chi connectivity index (χ0n) is 18.4. The summed E-state index contributed by atoms with van der Waals surface area (Å²) < 4.78 is 19.6. The van der Waals surface area contributed by atoms with Crippen LogP contribution in [0.5, 0.6) is 0 Å². The number of nitrogens with one attached hydrogen (secondary N) is 2. The topological polar surface area (TPSA) is 95.9 Å². The molecule has 2 unspecified atom stereocenters. The zero-order chi connectivity index (χ0) is 22.2. The molecule has 3 heterocycles. The summed E-state index contributed by atoms with van der Waals surface area (Å²) >= 11 is 0. The Balaban J connectivity index is 1.42. The molecule has 1 fully saturated rings. The van der Waals surface area contributed by atoms with E-state index < -0.39 is 0 Å². The van der Waals surface area contributed by atoms with Crippen molar-refractivity contribution in [2.24, 2.45) is 11.7 Å². The second-order valence-corrected chi connectivity index (χ2v) is 8.98. The molecule has 8 heteroatoms. The molecule has 4 N–H and O–H groups in total. The minimum absolute atomic E-state index is 0.124. The smallest absolute Gasteiger partial charge is 0.159 e. The zero-order valence-corrected chi connectivity index (χ0v) is 18.4. The lowest BCUT2D eigenvalue weighted by molar-refractivity contribution is 0.0549. The number of imidazole rings is 1. The highest BCUT2D eigenvalue weighted by Gasteiger charge is 2.23. The van der Waals surface area contributed by atoms with Gasteiger partial charge in [-0.3, -0.25) is 5.10 Å². The quantitative estimate of drug-likeness (QED) is 0.435. The van der Waals surface area contributed by atoms with Crippen LogP contribution in [-0.4, -0.2) is 52.0 Å². The average Bonchev–Trinajstić information content (AvgIpc) is 3.30. The van der Waals surface area contributed by atoms with Crippen LogP contribution >= 0.6 is 0 Å². The molecule has 168 valence electrons. The molecule has 0 bridgehead atoms. The molecular weight excluding hydrogens is 407 g/mol. The van der Waals surface area contributed by atoms with Crippen molar-refractivity contribution in [1.82, 2.24) is 20.2 Å². The van der Waals surface area contributed by atoms with Crippen molar-refractivity contribution in [3.8, 4) is 11.5 Å². The van der Waals surface area contributed by atoms with Crippen molar-refractivity contribution in [2.75, 3.05) is 24.6 Å². The van der Waals surface area contributed by atoms with Gasteiger partial charge in [0, 0.05) is 36.8 Å². The highest BCUT2D eigenvalue weighted by atomic mass is 19.1. The van der Waals surface area contributed by atoms with Crippen LogP contribution in [0, 0.1) is 11.7 Å². The molecule has 2 aromatic carbocycles. The van der Waals surface area contributed by atoms with Crippen LogP contribution in [0.3, 0.4) is 0 Å². The van der Waals surface area contributed by atoms with Crippen LogP contribution in [-0.2, 0) is 4.74 Å². The lowest BCUT2D eigenvalue weighted by atomic mass is 9.98. The number of rotatable bonds is 5. The Morgan fingerprint density at radius 2 is 2.09 bits per heavy atom. The minimum atomic E-state index is -0.295. The van der Waals surface area contributed by atoms with Crippen LogP contribution < -0.4 is 10.6 Å². The molecule has 0 radical (unpaired) electrons. The van der Waals surface area contributed by atoms with Crippen molar-refractivity contribution in [2.45, 2.75) is 38.8 Å². The summed E-state index contributed by atoms with van der Waals surface area (Å²) in [6.45, 7) is 6.83. The van der Waals surface area contributed by atoms with Gasteiger partial charge in [-0.25, -0.2) is 9.37 Å². The molecular formula is C24H29FN6O. The highest BCUT2D eigenvalue weighted by Crippen LogP contribution is 2.29. The van der Waals surface area contributed by atoms with Crippen molar-refractivity contribution in [3.05, 3.63) is 42.2 Å². The second-order valence-electron chi connectivity index (χ2n) is 8.98. The molecule has 0 aliphatic carbocycles. The Morgan fingerprint density at radius 3 is 2.94 bits per heavy atom. The molecule has 1 saturated heterocycles. The van der Waals surface area contributed by atoms with Crippen molar-refractivity contribution in [1.29, 1.82) is 0 Å². The van der Waals surface area contributed by atoms with E-state index in [9.17, 15) is 4.39 Å². The maximum atomic E-state index is 13.5. The third-order valence-corrected chi connectivity index (χ3v) is 6.32. The maximum absolute atomic E-state index is 13.5. The number of halogens is 1. The number of anilines is 1. The number of ether oxygens (including phenoxy) is 1. The molecule has 0 amide bonds. The fraction of sp³-hybridized carbons (Fsp3) is 0.417. The molecule has 32 heavy (non-hydrogen) atoms. The molecule has 0 spiro atoms. The molecule has 7 nitrogen and oxygen atoms in total. The summed E-state index contributed by atoms with van der Waals surface area (Å²) in [5.74, 6) is 0.802. The first-order valence-electron chi connectivity index (χ1n) is 11.2. The van der Waals surface area contributed by atoms with E-state index in [1.807, 2.05) is 6.07 Å². The maximum Gasteiger partial charge on any atom is 0.159 e. The number of fused-ring (bicyclic) bond motifs is 2. The predicted molar refractivity (Wildman–Crippen MR) is 125 cm³/mol. The number of aromatic amines is 2. The van der Waals surface area contributed by atoms with Gasteiger partial charge in [0.25, 0.3) is 0 Å². The van der Waals surface area contributed by atoms with Crippen molar-refractivity contribution in [3.63, 3.8) is 0 Å². The number of hydrogen-bond acceptors (Lipinski definition) is 5. The standard InChI is InChI=1S/C24H29FN6O/c1-14(2)19(26)12-17-13-31(8-3-9-32-17)16-5-7-20-22(11-16)28-24(27-20)23-18-6-4-15(25)10-21(18)29-30-23/h4-7,10-11,14,17,19H,3,8-9,12-13,26H2,1-2H3,(H,27,28)(H,29,30). The van der Waals surface area contributed by atoms with Crippen LogP contribution in [0.1, 0.15) is 26.7 Å². The average molecular weight is 437 g/mol. The van der Waals surface area contributed by atoms with E-state index in [-0.39, 0.29) is 18.0 Å². The molecule has 0 saturated carbocycles. The summed E-state index contributed by atoms with van der Waals surface area (Å²) in [6, 6.07) is 11.0. The van der Waals surface area contributed by atoms with E-state index >= 15 is 0 Å². The fourth-order valence-electron chi connectivity index (χ4n) is 4.33. The van der Waals surface area contributed by atoms with Gasteiger partial charge in [-0.2, -0.15) is 5.10 Å². The van der Waals surface area contributed by atoms with Gasteiger partial charge in [-0.15, -0.1) is 0 Å². The van der Waals surface area contributed by atoms with Gasteiger partial charge < -0.3 is 20.4 Å². The third kappa shape index (κ3) is 4.08. The molecule has 2 atom stereocenters. The predicted octanol–water partition coefficient (Wildman–Crippen LogP) is 4.21. The normalized spacial score (nSPS) is 18.5. The van der Waals surface area contributed by atoms with E-state index in [1.54, 1.807) is 6.07 Å². The fourth-order valence-corrected chi connectivity index (χ4v) is 4.33. The van der Waals surface area contributed by atoms with Crippen LogP contribution in [0.4, 0.5) is 10.1 Å². The summed E-state index contributed by atoms with van der Waals surface area (Å²) in [6.07, 6.45) is 1.96. The Labute approximate surface area is 186 Å². The van der Waals surface area contributed by atoms with Gasteiger partial charge >= 0.3 is 0 Å². The summed E-state index contributed by atoms with van der Waals surface area (Å²) in [4.78, 5) is 10.5. The lowest BCUT2D eigenvalue weighted by Gasteiger charge is -2.28. The molecule has 5 rings (SSSR count). The molecule has 2 aromatic heterocycles. The third-order valence-electron chi connectivity index (χ3n) is 6.32. The number of benzene rings is 2. The number of hydrogen-bond donors (Lipinski definition) is 3. The first-order valence-corrected chi connectivity index (χ1v) is 11.2. The van der Waals surface area contributed by atoms with Crippen LogP contribution in [0.2, 0.25) is 0 Å². The Bertz CT molecular complexity index is 1230.